The van der Waals surface area contributed by atoms with Crippen LogP contribution in [0.2, 0.25) is 5.02 Å². The summed E-state index contributed by atoms with van der Waals surface area (Å²) in [6, 6.07) is 11.5. The number of hydrogen-bond donors (Lipinski definition) is 1. The van der Waals surface area contributed by atoms with Crippen molar-refractivity contribution in [1.82, 2.24) is 20.4 Å². The largest absolute Gasteiger partial charge is 0.424 e. The van der Waals surface area contributed by atoms with Crippen LogP contribution >= 0.6 is 22.9 Å². The molecule has 0 bridgehead atoms. The summed E-state index contributed by atoms with van der Waals surface area (Å²) < 4.78 is 5.30. The van der Waals surface area contributed by atoms with Crippen molar-refractivity contribution >= 4 is 29.0 Å². The predicted octanol–water partition coefficient (Wildman–Crippen LogP) is 4.66. The van der Waals surface area contributed by atoms with E-state index < -0.39 is 0 Å². The number of nitrogens with zero attached hydrogens (tertiary/aromatic N) is 3. The molecule has 3 aromatic rings. The minimum absolute atomic E-state index is 0.111. The molecule has 0 saturated heterocycles. The zero-order chi connectivity index (χ0) is 18.7. The summed E-state index contributed by atoms with van der Waals surface area (Å²) >= 11 is 7.58. The summed E-state index contributed by atoms with van der Waals surface area (Å²) in [5, 5.41) is 11.4. The number of aryl methyl sites for hydroxylation is 1. The van der Waals surface area contributed by atoms with Crippen LogP contribution in [0.15, 0.2) is 40.8 Å². The Morgan fingerprint density at radius 3 is 2.65 bits per heavy atom. The molecule has 0 aliphatic heterocycles. The van der Waals surface area contributed by atoms with Crippen molar-refractivity contribution in [2.75, 3.05) is 7.05 Å². The van der Waals surface area contributed by atoms with Gasteiger partial charge in [0.25, 0.3) is 0 Å². The van der Waals surface area contributed by atoms with Gasteiger partial charge in [0.2, 0.25) is 11.8 Å². The van der Waals surface area contributed by atoms with Crippen molar-refractivity contribution in [3.63, 3.8) is 0 Å². The molecule has 0 saturated carbocycles. The van der Waals surface area contributed by atoms with Crippen LogP contribution < -0.4 is 5.32 Å². The normalized spacial score (nSPS) is 12.0. The lowest BCUT2D eigenvalue weighted by atomic mass is 10.2. The fourth-order valence-corrected chi connectivity index (χ4v) is 3.54. The van der Waals surface area contributed by atoms with Gasteiger partial charge in [-0.05, 0) is 36.8 Å². The van der Waals surface area contributed by atoms with Gasteiger partial charge in [-0.15, -0.1) is 21.5 Å². The van der Waals surface area contributed by atoms with Crippen LogP contribution in [0.25, 0.3) is 10.4 Å². The Bertz CT molecular complexity index is 891. The number of halogens is 1. The molecule has 136 valence electrons. The molecule has 0 fully saturated rings. The average Bonchev–Trinajstić information content (AvgIpc) is 3.25. The van der Waals surface area contributed by atoms with E-state index in [9.17, 15) is 4.79 Å². The van der Waals surface area contributed by atoms with Gasteiger partial charge in [-0.3, -0.25) is 0 Å². The molecule has 1 N–H and O–H groups in total. The van der Waals surface area contributed by atoms with E-state index in [4.69, 9.17) is 16.0 Å². The highest BCUT2D eigenvalue weighted by molar-refractivity contribution is 7.15. The second-order valence-corrected chi connectivity index (χ2v) is 7.50. The van der Waals surface area contributed by atoms with Gasteiger partial charge in [0.1, 0.15) is 6.54 Å². The third-order valence-corrected chi connectivity index (χ3v) is 5.38. The first-order valence-electron chi connectivity index (χ1n) is 8.08. The molecule has 0 aliphatic rings. The van der Waals surface area contributed by atoms with E-state index in [1.165, 1.54) is 4.90 Å². The predicted molar refractivity (Wildman–Crippen MR) is 102 cm³/mol. The van der Waals surface area contributed by atoms with Gasteiger partial charge in [-0.2, -0.15) is 0 Å². The number of rotatable bonds is 5. The molecule has 8 heteroatoms. The molecule has 1 unspecified atom stereocenters. The fourth-order valence-electron chi connectivity index (χ4n) is 2.40. The minimum atomic E-state index is -0.199. The fraction of sp³-hybridized carbons (Fsp3) is 0.278. The molecular weight excluding hydrogens is 372 g/mol. The Morgan fingerprint density at radius 1 is 1.27 bits per heavy atom. The number of benzene rings is 1. The Hall–Kier alpha value is -2.38. The van der Waals surface area contributed by atoms with Crippen molar-refractivity contribution in [1.29, 1.82) is 0 Å². The standard InChI is InChI=1S/C18H19ClN4O2S/c1-11(20-18(24)23(3)10-17-22-21-12(2)25-17)15-8-9-16(26-15)13-4-6-14(19)7-5-13/h4-9,11H,10H2,1-3H3,(H,20,24). The maximum atomic E-state index is 12.4. The number of hydrogen-bond acceptors (Lipinski definition) is 5. The molecule has 6 nitrogen and oxygen atoms in total. The van der Waals surface area contributed by atoms with Crippen molar-refractivity contribution in [2.24, 2.45) is 0 Å². The van der Waals surface area contributed by atoms with Crippen LogP contribution in [0.4, 0.5) is 4.79 Å². The number of aromatic nitrogens is 2. The van der Waals surface area contributed by atoms with Gasteiger partial charge < -0.3 is 14.6 Å². The van der Waals surface area contributed by atoms with E-state index >= 15 is 0 Å². The lowest BCUT2D eigenvalue weighted by Gasteiger charge is -2.19. The van der Waals surface area contributed by atoms with Crippen LogP contribution in [0.5, 0.6) is 0 Å². The Morgan fingerprint density at radius 2 is 2.00 bits per heavy atom. The number of carbonyl (C=O) groups is 1. The molecular formula is C18H19ClN4O2S. The summed E-state index contributed by atoms with van der Waals surface area (Å²) in [5.41, 5.74) is 1.10. The highest BCUT2D eigenvalue weighted by Gasteiger charge is 2.17. The number of nitrogens with one attached hydrogen (secondary N) is 1. The summed E-state index contributed by atoms with van der Waals surface area (Å²) in [7, 11) is 1.69. The van der Waals surface area contributed by atoms with Crippen LogP contribution in [0, 0.1) is 6.92 Å². The zero-order valence-corrected chi connectivity index (χ0v) is 16.3. The maximum absolute atomic E-state index is 12.4. The summed E-state index contributed by atoms with van der Waals surface area (Å²) in [6.45, 7) is 3.94. The molecule has 2 heterocycles. The molecule has 2 amide bonds. The van der Waals surface area contributed by atoms with E-state index in [-0.39, 0.29) is 18.6 Å². The van der Waals surface area contributed by atoms with Crippen LogP contribution in [-0.2, 0) is 6.54 Å². The van der Waals surface area contributed by atoms with E-state index in [0.29, 0.717) is 16.8 Å². The monoisotopic (exact) mass is 390 g/mol. The quantitative estimate of drug-likeness (QED) is 0.687. The van der Waals surface area contributed by atoms with E-state index in [2.05, 4.69) is 21.6 Å². The van der Waals surface area contributed by atoms with Gasteiger partial charge in [-0.1, -0.05) is 23.7 Å². The third-order valence-electron chi connectivity index (χ3n) is 3.81. The number of amides is 2. The van der Waals surface area contributed by atoms with Crippen molar-refractivity contribution in [3.8, 4) is 10.4 Å². The van der Waals surface area contributed by atoms with Gasteiger partial charge in [-0.25, -0.2) is 4.79 Å². The Balaban J connectivity index is 1.61. The third kappa shape index (κ3) is 4.42. The topological polar surface area (TPSA) is 71.3 Å². The maximum Gasteiger partial charge on any atom is 0.318 e. The Labute approximate surface area is 160 Å². The highest BCUT2D eigenvalue weighted by atomic mass is 35.5. The highest BCUT2D eigenvalue weighted by Crippen LogP contribution is 2.32. The zero-order valence-electron chi connectivity index (χ0n) is 14.7. The van der Waals surface area contributed by atoms with Crippen LogP contribution in [0.3, 0.4) is 0 Å². The summed E-state index contributed by atoms with van der Waals surface area (Å²) in [4.78, 5) is 16.1. The first-order valence-corrected chi connectivity index (χ1v) is 9.28. The lowest BCUT2D eigenvalue weighted by Crippen LogP contribution is -2.38. The van der Waals surface area contributed by atoms with Crippen molar-refractivity contribution < 1.29 is 9.21 Å². The lowest BCUT2D eigenvalue weighted by molar-refractivity contribution is 0.198. The minimum Gasteiger partial charge on any atom is -0.424 e. The first kappa shape index (κ1) is 18.4. The van der Waals surface area contributed by atoms with Gasteiger partial charge >= 0.3 is 6.03 Å². The van der Waals surface area contributed by atoms with Crippen LogP contribution in [-0.4, -0.2) is 28.2 Å². The first-order chi connectivity index (χ1) is 12.4. The molecule has 1 atom stereocenters. The molecule has 0 spiro atoms. The van der Waals surface area contributed by atoms with Crippen molar-refractivity contribution in [2.45, 2.75) is 26.4 Å². The molecule has 0 radical (unpaired) electrons. The number of urea groups is 1. The molecule has 0 aliphatic carbocycles. The van der Waals surface area contributed by atoms with Gasteiger partial charge in [0, 0.05) is 28.7 Å². The van der Waals surface area contributed by atoms with Gasteiger partial charge in [0.15, 0.2) is 0 Å². The smallest absolute Gasteiger partial charge is 0.318 e. The van der Waals surface area contributed by atoms with E-state index in [0.717, 1.165) is 15.3 Å². The van der Waals surface area contributed by atoms with E-state index in [1.807, 2.05) is 37.3 Å². The van der Waals surface area contributed by atoms with E-state index in [1.54, 1.807) is 25.3 Å². The summed E-state index contributed by atoms with van der Waals surface area (Å²) in [6.07, 6.45) is 0. The average molecular weight is 391 g/mol. The SMILES string of the molecule is Cc1nnc(CN(C)C(=O)NC(C)c2ccc(-c3ccc(Cl)cc3)s2)o1. The Kier molecular flexibility index (Phi) is 5.58. The van der Waals surface area contributed by atoms with Crippen molar-refractivity contribution in [3.05, 3.63) is 58.1 Å². The van der Waals surface area contributed by atoms with Crippen LogP contribution in [0.1, 0.15) is 29.6 Å². The molecule has 3 rings (SSSR count). The van der Waals surface area contributed by atoms with Gasteiger partial charge in [0.05, 0.1) is 6.04 Å². The molecule has 1 aromatic carbocycles. The second-order valence-electron chi connectivity index (χ2n) is 5.95. The summed E-state index contributed by atoms with van der Waals surface area (Å²) in [5.74, 6) is 0.893. The second kappa shape index (κ2) is 7.88. The number of carbonyl (C=O) groups excluding carboxylic acids is 1. The molecule has 26 heavy (non-hydrogen) atoms. The molecule has 2 aromatic heterocycles. The number of thiophene rings is 1.